The number of nitrogens with zero attached hydrogens (tertiary/aromatic N) is 1. The van der Waals surface area contributed by atoms with E-state index < -0.39 is 0 Å². The van der Waals surface area contributed by atoms with E-state index in [-0.39, 0.29) is 24.2 Å². The van der Waals surface area contributed by atoms with E-state index in [2.05, 4.69) is 5.32 Å². The van der Waals surface area contributed by atoms with E-state index in [9.17, 15) is 14.0 Å². The molecule has 2 rings (SSSR count). The summed E-state index contributed by atoms with van der Waals surface area (Å²) >= 11 is 5.99. The quantitative estimate of drug-likeness (QED) is 0.855. The molecule has 0 fully saturated rings. The zero-order valence-electron chi connectivity index (χ0n) is 14.2. The van der Waals surface area contributed by atoms with Crippen LogP contribution in [0, 0.1) is 12.7 Å². The molecule has 0 atom stereocenters. The summed E-state index contributed by atoms with van der Waals surface area (Å²) in [7, 11) is 0. The molecule has 4 nitrogen and oxygen atoms in total. The zero-order chi connectivity index (χ0) is 18.4. The maximum Gasteiger partial charge on any atom is 0.240 e. The van der Waals surface area contributed by atoms with Gasteiger partial charge in [0.05, 0.1) is 0 Å². The minimum Gasteiger partial charge on any atom is -0.354 e. The molecule has 0 bridgehead atoms. The van der Waals surface area contributed by atoms with Crippen LogP contribution in [0.25, 0.3) is 0 Å². The van der Waals surface area contributed by atoms with Gasteiger partial charge < -0.3 is 10.2 Å². The van der Waals surface area contributed by atoms with Crippen LogP contribution in [0.15, 0.2) is 42.5 Å². The van der Waals surface area contributed by atoms with Crippen molar-refractivity contribution in [1.29, 1.82) is 0 Å². The van der Waals surface area contributed by atoms with Crippen LogP contribution >= 0.6 is 11.6 Å². The average molecular weight is 363 g/mol. The maximum absolute atomic E-state index is 13.6. The fourth-order valence-electron chi connectivity index (χ4n) is 2.48. The summed E-state index contributed by atoms with van der Waals surface area (Å²) in [5.41, 5.74) is 1.99. The summed E-state index contributed by atoms with van der Waals surface area (Å²) in [6.45, 7) is 3.42. The van der Waals surface area contributed by atoms with Crippen LogP contribution in [0.2, 0.25) is 5.02 Å². The second-order valence-corrected chi connectivity index (χ2v) is 6.16. The molecule has 0 aromatic heterocycles. The van der Waals surface area contributed by atoms with E-state index >= 15 is 0 Å². The minimum absolute atomic E-state index is 0.117. The second-order valence-electron chi connectivity index (χ2n) is 5.73. The maximum atomic E-state index is 13.6. The third-order valence-electron chi connectivity index (χ3n) is 3.82. The van der Waals surface area contributed by atoms with Gasteiger partial charge in [-0.25, -0.2) is 4.39 Å². The first kappa shape index (κ1) is 18.9. The third kappa shape index (κ3) is 5.29. The standard InChI is InChI=1S/C19H20ClFN2O2/c1-13-7-8-16(20)11-18(13)23(14(2)24)12-19(25)22-10-9-15-5-3-4-6-17(15)21/h3-8,11H,9-10,12H2,1-2H3,(H,22,25). The Morgan fingerprint density at radius 3 is 2.60 bits per heavy atom. The molecule has 2 aromatic rings. The second kappa shape index (κ2) is 8.62. The first-order valence-electron chi connectivity index (χ1n) is 7.93. The average Bonchev–Trinajstić information content (AvgIpc) is 2.56. The first-order valence-corrected chi connectivity index (χ1v) is 8.30. The van der Waals surface area contributed by atoms with Crippen LogP contribution in [0.5, 0.6) is 0 Å². The van der Waals surface area contributed by atoms with Crippen molar-refractivity contribution in [2.24, 2.45) is 0 Å². The van der Waals surface area contributed by atoms with Gasteiger partial charge in [0.1, 0.15) is 12.4 Å². The molecular formula is C19H20ClFN2O2. The van der Waals surface area contributed by atoms with E-state index in [1.807, 2.05) is 6.92 Å². The van der Waals surface area contributed by atoms with Crippen LogP contribution < -0.4 is 10.2 Å². The van der Waals surface area contributed by atoms with Gasteiger partial charge in [-0.2, -0.15) is 0 Å². The van der Waals surface area contributed by atoms with Crippen LogP contribution in [0.1, 0.15) is 18.1 Å². The van der Waals surface area contributed by atoms with Crippen molar-refractivity contribution in [3.63, 3.8) is 0 Å². The Morgan fingerprint density at radius 2 is 1.92 bits per heavy atom. The van der Waals surface area contributed by atoms with Crippen LogP contribution in [-0.4, -0.2) is 24.9 Å². The molecule has 0 aliphatic carbocycles. The van der Waals surface area contributed by atoms with Crippen molar-refractivity contribution < 1.29 is 14.0 Å². The van der Waals surface area contributed by atoms with E-state index in [1.165, 1.54) is 17.9 Å². The van der Waals surface area contributed by atoms with Crippen molar-refractivity contribution in [3.8, 4) is 0 Å². The topological polar surface area (TPSA) is 49.4 Å². The molecule has 0 aliphatic heterocycles. The number of aryl methyl sites for hydroxylation is 1. The summed E-state index contributed by atoms with van der Waals surface area (Å²) in [5.74, 6) is -0.864. The van der Waals surface area contributed by atoms with Crippen LogP contribution in [0.3, 0.4) is 0 Å². The monoisotopic (exact) mass is 362 g/mol. The molecule has 1 N–H and O–H groups in total. The van der Waals surface area contributed by atoms with Gasteiger partial charge in [-0.3, -0.25) is 9.59 Å². The Hall–Kier alpha value is -2.40. The van der Waals surface area contributed by atoms with Crippen molar-refractivity contribution in [1.82, 2.24) is 5.32 Å². The van der Waals surface area contributed by atoms with Crippen molar-refractivity contribution in [2.45, 2.75) is 20.3 Å². The summed E-state index contributed by atoms with van der Waals surface area (Å²) < 4.78 is 13.6. The van der Waals surface area contributed by atoms with Crippen molar-refractivity contribution >= 4 is 29.1 Å². The summed E-state index contributed by atoms with van der Waals surface area (Å²) in [5, 5.41) is 3.21. The lowest BCUT2D eigenvalue weighted by atomic mass is 10.1. The summed E-state index contributed by atoms with van der Waals surface area (Å²) in [6, 6.07) is 11.6. The Balaban J connectivity index is 1.98. The highest BCUT2D eigenvalue weighted by atomic mass is 35.5. The van der Waals surface area contributed by atoms with Gasteiger partial charge in [0.15, 0.2) is 0 Å². The molecule has 132 valence electrons. The molecular weight excluding hydrogens is 343 g/mol. The van der Waals surface area contributed by atoms with Gasteiger partial charge in [-0.05, 0) is 42.7 Å². The van der Waals surface area contributed by atoms with E-state index in [4.69, 9.17) is 11.6 Å². The number of hydrogen-bond donors (Lipinski definition) is 1. The predicted molar refractivity (Wildman–Crippen MR) is 97.3 cm³/mol. The fourth-order valence-corrected chi connectivity index (χ4v) is 2.64. The molecule has 0 radical (unpaired) electrons. The lowest BCUT2D eigenvalue weighted by Gasteiger charge is -2.23. The summed E-state index contributed by atoms with van der Waals surface area (Å²) in [4.78, 5) is 25.5. The zero-order valence-corrected chi connectivity index (χ0v) is 14.9. The SMILES string of the molecule is CC(=O)N(CC(=O)NCCc1ccccc1F)c1cc(Cl)ccc1C. The molecule has 0 saturated carbocycles. The highest BCUT2D eigenvalue weighted by Gasteiger charge is 2.18. The number of rotatable bonds is 6. The van der Waals surface area contributed by atoms with E-state index in [0.29, 0.717) is 29.2 Å². The van der Waals surface area contributed by atoms with Gasteiger partial charge >= 0.3 is 0 Å². The van der Waals surface area contributed by atoms with Gasteiger partial charge in [-0.15, -0.1) is 0 Å². The Kier molecular flexibility index (Phi) is 6.53. The van der Waals surface area contributed by atoms with Gasteiger partial charge in [-0.1, -0.05) is 35.9 Å². The molecule has 0 saturated heterocycles. The number of carbonyl (C=O) groups is 2. The number of halogens is 2. The number of amides is 2. The van der Waals surface area contributed by atoms with Crippen LogP contribution in [0.4, 0.5) is 10.1 Å². The van der Waals surface area contributed by atoms with Gasteiger partial charge in [0, 0.05) is 24.2 Å². The predicted octanol–water partition coefficient (Wildman–Crippen LogP) is 3.50. The smallest absolute Gasteiger partial charge is 0.240 e. The van der Waals surface area contributed by atoms with Crippen LogP contribution in [-0.2, 0) is 16.0 Å². The van der Waals surface area contributed by atoms with E-state index in [0.717, 1.165) is 5.56 Å². The van der Waals surface area contributed by atoms with Gasteiger partial charge in [0.2, 0.25) is 11.8 Å². The van der Waals surface area contributed by atoms with Crippen molar-refractivity contribution in [2.75, 3.05) is 18.0 Å². The van der Waals surface area contributed by atoms with Gasteiger partial charge in [0.25, 0.3) is 0 Å². The Morgan fingerprint density at radius 1 is 1.20 bits per heavy atom. The number of benzene rings is 2. The highest BCUT2D eigenvalue weighted by molar-refractivity contribution is 6.31. The fraction of sp³-hybridized carbons (Fsp3) is 0.263. The number of carbonyl (C=O) groups excluding carboxylic acids is 2. The molecule has 0 unspecified atom stereocenters. The lowest BCUT2D eigenvalue weighted by molar-refractivity contribution is -0.123. The van der Waals surface area contributed by atoms with Crippen molar-refractivity contribution in [3.05, 3.63) is 64.4 Å². The summed E-state index contributed by atoms with van der Waals surface area (Å²) in [6.07, 6.45) is 0.384. The molecule has 2 aromatic carbocycles. The normalized spacial score (nSPS) is 10.4. The van der Waals surface area contributed by atoms with E-state index in [1.54, 1.807) is 36.4 Å². The molecule has 0 aliphatic rings. The molecule has 0 heterocycles. The molecule has 0 spiro atoms. The molecule has 6 heteroatoms. The lowest BCUT2D eigenvalue weighted by Crippen LogP contribution is -2.40. The number of nitrogens with one attached hydrogen (secondary N) is 1. The Labute approximate surface area is 151 Å². The minimum atomic E-state index is -0.314. The Bertz CT molecular complexity index is 780. The molecule has 2 amide bonds. The highest BCUT2D eigenvalue weighted by Crippen LogP contribution is 2.24. The molecule has 25 heavy (non-hydrogen) atoms. The first-order chi connectivity index (χ1) is 11.9. The number of hydrogen-bond acceptors (Lipinski definition) is 2. The number of anilines is 1. The third-order valence-corrected chi connectivity index (χ3v) is 4.05. The largest absolute Gasteiger partial charge is 0.354 e.